The van der Waals surface area contributed by atoms with Crippen molar-refractivity contribution in [3.8, 4) is 23.0 Å². The van der Waals surface area contributed by atoms with E-state index >= 15 is 0 Å². The van der Waals surface area contributed by atoms with Crippen molar-refractivity contribution in [2.45, 2.75) is 59.3 Å². The SMILES string of the molecule is CCCC(=O)OC(=C\C(=O)/C=C/c1ccc(OC(=O)CCC)c(OC)c1)/C=C/c1ccc(OC(=O)CCC)c(OC)c1. The van der Waals surface area contributed by atoms with Crippen LogP contribution >= 0.6 is 0 Å². The third-order valence-corrected chi connectivity index (χ3v) is 5.58. The Labute approximate surface area is 246 Å². The summed E-state index contributed by atoms with van der Waals surface area (Å²) in [6, 6.07) is 9.89. The van der Waals surface area contributed by atoms with Crippen LogP contribution in [0.2, 0.25) is 0 Å². The molecule has 0 N–H and O–H groups in total. The Kier molecular flexibility index (Phi) is 14.3. The molecule has 42 heavy (non-hydrogen) atoms. The number of carbonyl (C=O) groups excluding carboxylic acids is 4. The molecular weight excluding hydrogens is 540 g/mol. The number of benzene rings is 2. The summed E-state index contributed by atoms with van der Waals surface area (Å²) >= 11 is 0. The number of hydrogen-bond acceptors (Lipinski definition) is 9. The van der Waals surface area contributed by atoms with Gasteiger partial charge in [-0.3, -0.25) is 19.2 Å². The van der Waals surface area contributed by atoms with E-state index in [0.29, 0.717) is 59.8 Å². The second kappa shape index (κ2) is 17.9. The number of hydrogen-bond donors (Lipinski definition) is 0. The molecule has 0 atom stereocenters. The van der Waals surface area contributed by atoms with E-state index < -0.39 is 11.8 Å². The van der Waals surface area contributed by atoms with Gasteiger partial charge >= 0.3 is 17.9 Å². The number of methoxy groups -OCH3 is 2. The lowest BCUT2D eigenvalue weighted by atomic mass is 10.1. The number of esters is 3. The standard InChI is InChI=1S/C33H38O9/c1-6-9-31(35)40-26(17-13-24-15-19-28(30(21-24)39-5)42-33(37)11-8-3)22-25(34)16-12-23-14-18-27(29(20-23)38-4)41-32(36)10-7-2/h12-22H,6-11H2,1-5H3/b16-12+,17-13+,26-22-. The van der Waals surface area contributed by atoms with Crippen molar-refractivity contribution in [1.29, 1.82) is 0 Å². The molecule has 0 radical (unpaired) electrons. The lowest BCUT2D eigenvalue weighted by Crippen LogP contribution is -2.07. The molecule has 0 fully saturated rings. The van der Waals surface area contributed by atoms with E-state index in [9.17, 15) is 19.2 Å². The van der Waals surface area contributed by atoms with E-state index in [1.807, 2.05) is 20.8 Å². The summed E-state index contributed by atoms with van der Waals surface area (Å²) in [4.78, 5) is 48.7. The van der Waals surface area contributed by atoms with Crippen LogP contribution in [-0.4, -0.2) is 37.9 Å². The summed E-state index contributed by atoms with van der Waals surface area (Å²) in [5.41, 5.74) is 1.30. The van der Waals surface area contributed by atoms with E-state index in [-0.39, 0.29) is 30.5 Å². The molecular formula is C33H38O9. The summed E-state index contributed by atoms with van der Waals surface area (Å²) in [5.74, 6) is -0.270. The minimum Gasteiger partial charge on any atom is -0.493 e. The van der Waals surface area contributed by atoms with Gasteiger partial charge in [0.05, 0.1) is 14.2 Å². The Morgan fingerprint density at radius 1 is 0.619 bits per heavy atom. The second-order valence-corrected chi connectivity index (χ2v) is 9.11. The molecule has 0 amide bonds. The lowest BCUT2D eigenvalue weighted by Gasteiger charge is -2.10. The van der Waals surface area contributed by atoms with Gasteiger partial charge in [0.2, 0.25) is 0 Å². The van der Waals surface area contributed by atoms with E-state index in [2.05, 4.69) is 0 Å². The van der Waals surface area contributed by atoms with Crippen LogP contribution < -0.4 is 18.9 Å². The molecule has 0 saturated heterocycles. The van der Waals surface area contributed by atoms with Crippen LogP contribution in [-0.2, 0) is 23.9 Å². The minimum atomic E-state index is -0.473. The Balaban J connectivity index is 2.25. The third kappa shape index (κ3) is 11.4. The van der Waals surface area contributed by atoms with Crippen molar-refractivity contribution in [3.05, 3.63) is 71.5 Å². The zero-order valence-corrected chi connectivity index (χ0v) is 24.8. The summed E-state index contributed by atoms with van der Waals surface area (Å²) < 4.78 is 26.8. The molecule has 2 rings (SSSR count). The molecule has 0 aliphatic heterocycles. The number of carbonyl (C=O) groups is 4. The molecule has 0 heterocycles. The molecule has 0 aromatic heterocycles. The molecule has 9 nitrogen and oxygen atoms in total. The van der Waals surface area contributed by atoms with Crippen LogP contribution in [0.4, 0.5) is 0 Å². The van der Waals surface area contributed by atoms with Crippen molar-refractivity contribution < 1.29 is 42.9 Å². The Bertz CT molecular complexity index is 1340. The van der Waals surface area contributed by atoms with Gasteiger partial charge < -0.3 is 23.7 Å². The second-order valence-electron chi connectivity index (χ2n) is 9.11. The number of allylic oxidation sites excluding steroid dienone is 3. The van der Waals surface area contributed by atoms with Gasteiger partial charge in [-0.15, -0.1) is 0 Å². The zero-order valence-electron chi connectivity index (χ0n) is 24.8. The highest BCUT2D eigenvalue weighted by Crippen LogP contribution is 2.30. The van der Waals surface area contributed by atoms with Gasteiger partial charge in [-0.1, -0.05) is 45.1 Å². The average Bonchev–Trinajstić information content (AvgIpc) is 2.96. The van der Waals surface area contributed by atoms with E-state index in [0.717, 1.165) is 0 Å². The average molecular weight is 579 g/mol. The molecule has 0 aliphatic rings. The maximum absolute atomic E-state index is 12.8. The van der Waals surface area contributed by atoms with Gasteiger partial charge in [-0.2, -0.15) is 0 Å². The first-order valence-corrected chi connectivity index (χ1v) is 13.8. The zero-order chi connectivity index (χ0) is 30.9. The smallest absolute Gasteiger partial charge is 0.311 e. The Morgan fingerprint density at radius 2 is 1.07 bits per heavy atom. The predicted molar refractivity (Wildman–Crippen MR) is 159 cm³/mol. The van der Waals surface area contributed by atoms with Crippen molar-refractivity contribution in [3.63, 3.8) is 0 Å². The van der Waals surface area contributed by atoms with Crippen molar-refractivity contribution in [2.24, 2.45) is 0 Å². The van der Waals surface area contributed by atoms with Crippen molar-refractivity contribution in [2.75, 3.05) is 14.2 Å². The van der Waals surface area contributed by atoms with Gasteiger partial charge in [0.1, 0.15) is 5.76 Å². The largest absolute Gasteiger partial charge is 0.493 e. The molecule has 224 valence electrons. The number of ether oxygens (including phenoxy) is 5. The first kappa shape index (κ1) is 33.5. The van der Waals surface area contributed by atoms with Crippen LogP contribution in [0, 0.1) is 0 Å². The van der Waals surface area contributed by atoms with Crippen LogP contribution in [0.3, 0.4) is 0 Å². The molecule has 9 heteroatoms. The normalized spacial score (nSPS) is 11.4. The molecule has 0 unspecified atom stereocenters. The van der Waals surface area contributed by atoms with Crippen LogP contribution in [0.1, 0.15) is 70.4 Å². The minimum absolute atomic E-state index is 0.0521. The summed E-state index contributed by atoms with van der Waals surface area (Å²) in [5, 5.41) is 0. The van der Waals surface area contributed by atoms with Gasteiger partial charge in [0.25, 0.3) is 0 Å². The Hall–Kier alpha value is -4.66. The fourth-order valence-corrected chi connectivity index (χ4v) is 3.54. The highest BCUT2D eigenvalue weighted by atomic mass is 16.6. The summed E-state index contributed by atoms with van der Waals surface area (Å²) in [7, 11) is 2.92. The number of ketones is 1. The maximum Gasteiger partial charge on any atom is 0.311 e. The molecule has 0 spiro atoms. The topological polar surface area (TPSA) is 114 Å². The van der Waals surface area contributed by atoms with Gasteiger partial charge in [0, 0.05) is 25.3 Å². The number of rotatable bonds is 16. The first-order chi connectivity index (χ1) is 20.2. The van der Waals surface area contributed by atoms with E-state index in [1.54, 1.807) is 48.6 Å². The van der Waals surface area contributed by atoms with E-state index in [1.165, 1.54) is 32.4 Å². The Morgan fingerprint density at radius 3 is 1.52 bits per heavy atom. The lowest BCUT2D eigenvalue weighted by molar-refractivity contribution is -0.139. The van der Waals surface area contributed by atoms with Crippen LogP contribution in [0.25, 0.3) is 12.2 Å². The highest BCUT2D eigenvalue weighted by Gasteiger charge is 2.12. The van der Waals surface area contributed by atoms with Gasteiger partial charge in [-0.05, 0) is 66.8 Å². The van der Waals surface area contributed by atoms with Gasteiger partial charge in [-0.25, -0.2) is 0 Å². The molecule has 2 aromatic rings. The fraction of sp³-hybridized carbons (Fsp3) is 0.333. The maximum atomic E-state index is 12.8. The van der Waals surface area contributed by atoms with E-state index in [4.69, 9.17) is 23.7 Å². The molecule has 0 bridgehead atoms. The predicted octanol–water partition coefficient (Wildman–Crippen LogP) is 6.64. The molecule has 2 aromatic carbocycles. The highest BCUT2D eigenvalue weighted by molar-refractivity contribution is 6.02. The third-order valence-electron chi connectivity index (χ3n) is 5.58. The summed E-state index contributed by atoms with van der Waals surface area (Å²) in [6.45, 7) is 5.61. The first-order valence-electron chi connectivity index (χ1n) is 13.8. The van der Waals surface area contributed by atoms with Crippen molar-refractivity contribution >= 4 is 35.8 Å². The van der Waals surface area contributed by atoms with Crippen LogP contribution in [0.15, 0.2) is 60.4 Å². The van der Waals surface area contributed by atoms with Crippen molar-refractivity contribution in [1.82, 2.24) is 0 Å². The monoisotopic (exact) mass is 578 g/mol. The fourth-order valence-electron chi connectivity index (χ4n) is 3.54. The van der Waals surface area contributed by atoms with Gasteiger partial charge in [0.15, 0.2) is 28.8 Å². The van der Waals surface area contributed by atoms with Crippen LogP contribution in [0.5, 0.6) is 23.0 Å². The molecule has 0 aliphatic carbocycles. The quantitative estimate of drug-likeness (QED) is 0.0711. The summed E-state index contributed by atoms with van der Waals surface area (Å²) in [6.07, 6.45) is 9.93. The molecule has 0 saturated carbocycles.